The van der Waals surface area contributed by atoms with Crippen molar-refractivity contribution >= 4 is 17.5 Å². The molecular weight excluding hydrogens is 270 g/mol. The number of hydrogen-bond donors (Lipinski definition) is 0. The molecule has 2 fully saturated rings. The number of carbonyl (C=O) groups excluding carboxylic acids is 1. The highest BCUT2D eigenvalue weighted by molar-refractivity contribution is 6.31. The fraction of sp³-hybridized carbons (Fsp3) is 0.588. The smallest absolute Gasteiger partial charge is 0.226 e. The molecule has 1 aromatic carbocycles. The fourth-order valence-electron chi connectivity index (χ4n) is 3.54. The van der Waals surface area contributed by atoms with Crippen LogP contribution in [0.15, 0.2) is 24.3 Å². The molecule has 0 spiro atoms. The van der Waals surface area contributed by atoms with Gasteiger partial charge in [-0.2, -0.15) is 0 Å². The monoisotopic (exact) mass is 291 g/mol. The van der Waals surface area contributed by atoms with Crippen LogP contribution in [-0.4, -0.2) is 24.4 Å². The lowest BCUT2D eigenvalue weighted by Gasteiger charge is -2.21. The fourth-order valence-corrected chi connectivity index (χ4v) is 3.82. The van der Waals surface area contributed by atoms with Gasteiger partial charge in [-0.1, -0.05) is 42.6 Å². The van der Waals surface area contributed by atoms with Gasteiger partial charge in [-0.25, -0.2) is 0 Å². The zero-order valence-corrected chi connectivity index (χ0v) is 12.8. The van der Waals surface area contributed by atoms with Crippen LogP contribution in [0.2, 0.25) is 5.02 Å². The van der Waals surface area contributed by atoms with Crippen LogP contribution in [0, 0.1) is 11.8 Å². The lowest BCUT2D eigenvalue weighted by atomic mass is 10.1. The molecule has 0 heterocycles. The van der Waals surface area contributed by atoms with E-state index in [2.05, 4.69) is 6.07 Å². The number of amides is 1. The SMILES string of the molecule is CN(CC1CCCC1)C(=O)C1CC1c1ccccc1Cl. The predicted molar refractivity (Wildman–Crippen MR) is 81.9 cm³/mol. The average molecular weight is 292 g/mol. The maximum Gasteiger partial charge on any atom is 0.226 e. The van der Waals surface area contributed by atoms with E-state index in [1.807, 2.05) is 30.1 Å². The second kappa shape index (κ2) is 5.77. The summed E-state index contributed by atoms with van der Waals surface area (Å²) in [5.74, 6) is 1.52. The van der Waals surface area contributed by atoms with Gasteiger partial charge in [-0.3, -0.25) is 4.79 Å². The Morgan fingerprint density at radius 3 is 2.70 bits per heavy atom. The molecule has 1 amide bonds. The van der Waals surface area contributed by atoms with Crippen LogP contribution >= 0.6 is 11.6 Å². The number of carbonyl (C=O) groups is 1. The summed E-state index contributed by atoms with van der Waals surface area (Å²) in [6.07, 6.45) is 6.20. The van der Waals surface area contributed by atoms with Gasteiger partial charge in [0.1, 0.15) is 0 Å². The van der Waals surface area contributed by atoms with Crippen LogP contribution in [0.1, 0.15) is 43.6 Å². The normalized spacial score (nSPS) is 25.7. The molecule has 3 heteroatoms. The van der Waals surface area contributed by atoms with Crippen LogP contribution in [0.3, 0.4) is 0 Å². The first-order valence-electron chi connectivity index (χ1n) is 7.66. The minimum atomic E-state index is 0.154. The van der Waals surface area contributed by atoms with Gasteiger partial charge in [-0.15, -0.1) is 0 Å². The summed E-state index contributed by atoms with van der Waals surface area (Å²) in [6, 6.07) is 7.91. The Bertz CT molecular complexity index is 496. The quantitative estimate of drug-likeness (QED) is 0.818. The summed E-state index contributed by atoms with van der Waals surface area (Å²) in [7, 11) is 1.96. The van der Waals surface area contributed by atoms with E-state index in [-0.39, 0.29) is 5.92 Å². The highest BCUT2D eigenvalue weighted by atomic mass is 35.5. The topological polar surface area (TPSA) is 20.3 Å². The van der Waals surface area contributed by atoms with Gasteiger partial charge in [0, 0.05) is 24.5 Å². The van der Waals surface area contributed by atoms with E-state index in [1.54, 1.807) is 0 Å². The number of rotatable bonds is 4. The van der Waals surface area contributed by atoms with E-state index >= 15 is 0 Å². The minimum Gasteiger partial charge on any atom is -0.345 e. The molecule has 3 rings (SSSR count). The molecule has 2 unspecified atom stereocenters. The minimum absolute atomic E-state index is 0.154. The van der Waals surface area contributed by atoms with Crippen molar-refractivity contribution in [2.45, 2.75) is 38.0 Å². The predicted octanol–water partition coefficient (Wildman–Crippen LogP) is 4.09. The number of nitrogens with zero attached hydrogens (tertiary/aromatic N) is 1. The number of hydrogen-bond acceptors (Lipinski definition) is 1. The van der Waals surface area contributed by atoms with Crippen molar-refractivity contribution in [2.24, 2.45) is 11.8 Å². The zero-order valence-electron chi connectivity index (χ0n) is 12.0. The van der Waals surface area contributed by atoms with Crippen LogP contribution < -0.4 is 0 Å². The van der Waals surface area contributed by atoms with E-state index < -0.39 is 0 Å². The van der Waals surface area contributed by atoms with Gasteiger partial charge >= 0.3 is 0 Å². The molecule has 0 radical (unpaired) electrons. The Labute approximate surface area is 126 Å². The Kier molecular flexibility index (Phi) is 4.02. The Balaban J connectivity index is 1.58. The van der Waals surface area contributed by atoms with Crippen LogP contribution in [-0.2, 0) is 4.79 Å². The summed E-state index contributed by atoms with van der Waals surface area (Å²) < 4.78 is 0. The number of halogens is 1. The van der Waals surface area contributed by atoms with Crippen molar-refractivity contribution in [3.63, 3.8) is 0 Å². The molecule has 2 nitrogen and oxygen atoms in total. The lowest BCUT2D eigenvalue weighted by Crippen LogP contribution is -2.32. The standard InChI is InChI=1S/C17H22ClNO/c1-19(11-12-6-2-3-7-12)17(20)15-10-14(15)13-8-4-5-9-16(13)18/h4-5,8-9,12,14-15H,2-3,6-7,10-11H2,1H3. The van der Waals surface area contributed by atoms with Gasteiger partial charge in [0.2, 0.25) is 5.91 Å². The molecule has 0 aromatic heterocycles. The van der Waals surface area contributed by atoms with E-state index in [9.17, 15) is 4.79 Å². The summed E-state index contributed by atoms with van der Waals surface area (Å²) in [4.78, 5) is 14.4. The highest BCUT2D eigenvalue weighted by Crippen LogP contribution is 2.50. The molecule has 1 aromatic rings. The van der Waals surface area contributed by atoms with Gasteiger partial charge < -0.3 is 4.90 Å². The molecule has 108 valence electrons. The maximum absolute atomic E-state index is 12.5. The molecule has 2 saturated carbocycles. The van der Waals surface area contributed by atoms with Crippen LogP contribution in [0.4, 0.5) is 0 Å². The molecular formula is C17H22ClNO. The molecule has 2 aliphatic carbocycles. The zero-order chi connectivity index (χ0) is 14.1. The first-order chi connectivity index (χ1) is 9.66. The molecule has 0 N–H and O–H groups in total. The van der Waals surface area contributed by atoms with E-state index in [4.69, 9.17) is 11.6 Å². The average Bonchev–Trinajstić information content (AvgIpc) is 3.07. The van der Waals surface area contributed by atoms with Crippen molar-refractivity contribution in [3.8, 4) is 0 Å². The largest absolute Gasteiger partial charge is 0.345 e. The Hall–Kier alpha value is -1.02. The Morgan fingerprint density at radius 1 is 1.30 bits per heavy atom. The summed E-state index contributed by atoms with van der Waals surface area (Å²) in [5, 5.41) is 0.797. The Morgan fingerprint density at radius 2 is 2.00 bits per heavy atom. The van der Waals surface area contributed by atoms with E-state index in [1.165, 1.54) is 25.7 Å². The third-order valence-corrected chi connectivity index (χ3v) is 5.14. The molecule has 2 aliphatic rings. The molecule has 0 saturated heterocycles. The first-order valence-corrected chi connectivity index (χ1v) is 8.04. The summed E-state index contributed by atoms with van der Waals surface area (Å²) in [6.45, 7) is 0.935. The molecule has 0 bridgehead atoms. The second-order valence-corrected chi connectivity index (χ2v) is 6.75. The number of benzene rings is 1. The second-order valence-electron chi connectivity index (χ2n) is 6.34. The summed E-state index contributed by atoms with van der Waals surface area (Å²) >= 11 is 6.22. The summed E-state index contributed by atoms with van der Waals surface area (Å²) in [5.41, 5.74) is 1.14. The van der Waals surface area contributed by atoms with Crippen molar-refractivity contribution in [1.82, 2.24) is 4.90 Å². The van der Waals surface area contributed by atoms with Gasteiger partial charge in [0.25, 0.3) is 0 Å². The van der Waals surface area contributed by atoms with Crippen molar-refractivity contribution in [2.75, 3.05) is 13.6 Å². The first kappa shape index (κ1) is 13.9. The van der Waals surface area contributed by atoms with Crippen molar-refractivity contribution in [1.29, 1.82) is 0 Å². The maximum atomic E-state index is 12.5. The highest BCUT2D eigenvalue weighted by Gasteiger charge is 2.46. The molecule has 2 atom stereocenters. The van der Waals surface area contributed by atoms with Crippen molar-refractivity contribution < 1.29 is 4.79 Å². The molecule has 20 heavy (non-hydrogen) atoms. The van der Waals surface area contributed by atoms with E-state index in [0.717, 1.165) is 29.5 Å². The van der Waals surface area contributed by atoms with Gasteiger partial charge in [0.05, 0.1) is 0 Å². The van der Waals surface area contributed by atoms with Crippen molar-refractivity contribution in [3.05, 3.63) is 34.9 Å². The van der Waals surface area contributed by atoms with Gasteiger partial charge in [-0.05, 0) is 42.7 Å². The lowest BCUT2D eigenvalue weighted by molar-refractivity contribution is -0.131. The van der Waals surface area contributed by atoms with Crippen LogP contribution in [0.5, 0.6) is 0 Å². The van der Waals surface area contributed by atoms with Crippen LogP contribution in [0.25, 0.3) is 0 Å². The van der Waals surface area contributed by atoms with Gasteiger partial charge in [0.15, 0.2) is 0 Å². The third-order valence-electron chi connectivity index (χ3n) is 4.80. The molecule has 0 aliphatic heterocycles. The van der Waals surface area contributed by atoms with E-state index in [0.29, 0.717) is 11.8 Å². The third kappa shape index (κ3) is 2.85.